The minimum absolute atomic E-state index is 0.0336. The summed E-state index contributed by atoms with van der Waals surface area (Å²) in [6.45, 7) is 2.70. The molecule has 0 unspecified atom stereocenters. The van der Waals surface area contributed by atoms with Crippen LogP contribution in [0.4, 0.5) is 0 Å². The number of carbonyl (C=O) groups is 1. The Morgan fingerprint density at radius 1 is 1.35 bits per heavy atom. The SMILES string of the molecule is CN1CCC[C@]2(CO)CCN(C(=O)Cc3ccccc3Cl)C[C@@H]12. The first kappa shape index (κ1) is 16.7. The van der Waals surface area contributed by atoms with Crippen molar-refractivity contribution < 1.29 is 9.90 Å². The highest BCUT2D eigenvalue weighted by atomic mass is 35.5. The molecule has 23 heavy (non-hydrogen) atoms. The van der Waals surface area contributed by atoms with Gasteiger partial charge < -0.3 is 14.9 Å². The highest BCUT2D eigenvalue weighted by Gasteiger charge is 2.47. The van der Waals surface area contributed by atoms with Crippen LogP contribution in [0, 0.1) is 5.41 Å². The van der Waals surface area contributed by atoms with E-state index in [0.717, 1.165) is 37.9 Å². The maximum atomic E-state index is 12.7. The summed E-state index contributed by atoms with van der Waals surface area (Å²) in [6.07, 6.45) is 3.42. The van der Waals surface area contributed by atoms with Gasteiger partial charge in [0, 0.05) is 29.6 Å². The molecule has 2 fully saturated rings. The van der Waals surface area contributed by atoms with E-state index in [1.807, 2.05) is 29.2 Å². The minimum Gasteiger partial charge on any atom is -0.396 e. The van der Waals surface area contributed by atoms with Crippen molar-refractivity contribution in [3.8, 4) is 0 Å². The third-order valence-electron chi connectivity index (χ3n) is 5.66. The number of hydrogen-bond donors (Lipinski definition) is 1. The van der Waals surface area contributed by atoms with Crippen molar-refractivity contribution in [2.75, 3.05) is 33.3 Å². The van der Waals surface area contributed by atoms with E-state index >= 15 is 0 Å². The summed E-state index contributed by atoms with van der Waals surface area (Å²) in [4.78, 5) is 16.9. The van der Waals surface area contributed by atoms with Crippen LogP contribution >= 0.6 is 11.6 Å². The van der Waals surface area contributed by atoms with Crippen molar-refractivity contribution in [3.63, 3.8) is 0 Å². The summed E-state index contributed by atoms with van der Waals surface area (Å²) in [5, 5.41) is 10.6. The van der Waals surface area contributed by atoms with E-state index in [9.17, 15) is 9.90 Å². The number of fused-ring (bicyclic) bond motifs is 1. The van der Waals surface area contributed by atoms with E-state index in [0.29, 0.717) is 18.0 Å². The molecule has 0 bridgehead atoms. The molecule has 1 N–H and O–H groups in total. The lowest BCUT2D eigenvalue weighted by Gasteiger charge is -2.53. The molecule has 0 aromatic heterocycles. The van der Waals surface area contributed by atoms with Gasteiger partial charge in [0.15, 0.2) is 0 Å². The molecule has 2 atom stereocenters. The largest absolute Gasteiger partial charge is 0.396 e. The Morgan fingerprint density at radius 3 is 2.87 bits per heavy atom. The normalized spacial score (nSPS) is 28.5. The van der Waals surface area contributed by atoms with Crippen LogP contribution in [0.15, 0.2) is 24.3 Å². The molecule has 126 valence electrons. The lowest BCUT2D eigenvalue weighted by Crippen LogP contribution is -2.62. The lowest BCUT2D eigenvalue weighted by atomic mass is 9.69. The number of amides is 1. The van der Waals surface area contributed by atoms with E-state index in [1.165, 1.54) is 0 Å². The number of benzene rings is 1. The van der Waals surface area contributed by atoms with Crippen LogP contribution < -0.4 is 0 Å². The van der Waals surface area contributed by atoms with E-state index < -0.39 is 0 Å². The summed E-state index contributed by atoms with van der Waals surface area (Å²) >= 11 is 6.17. The fraction of sp³-hybridized carbons (Fsp3) is 0.611. The standard InChI is InChI=1S/C18H25ClN2O2/c1-20-9-4-7-18(13-22)8-10-21(12-16(18)20)17(23)11-14-5-2-3-6-15(14)19/h2-3,5-6,16,22H,4,7-13H2,1H3/t16-,18-/m1/s1. The summed E-state index contributed by atoms with van der Waals surface area (Å²) in [5.41, 5.74) is 0.851. The molecule has 0 spiro atoms. The summed E-state index contributed by atoms with van der Waals surface area (Å²) < 4.78 is 0. The van der Waals surface area contributed by atoms with Crippen LogP contribution in [0.1, 0.15) is 24.8 Å². The zero-order valence-corrected chi connectivity index (χ0v) is 14.4. The maximum Gasteiger partial charge on any atom is 0.227 e. The third-order valence-corrected chi connectivity index (χ3v) is 6.03. The van der Waals surface area contributed by atoms with Gasteiger partial charge in [0.2, 0.25) is 5.91 Å². The minimum atomic E-state index is -0.0336. The number of aliphatic hydroxyl groups is 1. The first-order valence-electron chi connectivity index (χ1n) is 8.38. The molecule has 1 aromatic carbocycles. The molecule has 0 radical (unpaired) electrons. The Kier molecular flexibility index (Phi) is 4.95. The third kappa shape index (κ3) is 3.25. The van der Waals surface area contributed by atoms with Gasteiger partial charge in [-0.05, 0) is 44.5 Å². The van der Waals surface area contributed by atoms with E-state index in [1.54, 1.807) is 0 Å². The number of aliphatic hydroxyl groups excluding tert-OH is 1. The molecule has 1 amide bonds. The fourth-order valence-electron chi connectivity index (χ4n) is 4.16. The fourth-order valence-corrected chi connectivity index (χ4v) is 4.36. The Hall–Kier alpha value is -1.10. The van der Waals surface area contributed by atoms with Crippen LogP contribution in [0.25, 0.3) is 0 Å². The van der Waals surface area contributed by atoms with Crippen LogP contribution in [0.3, 0.4) is 0 Å². The lowest BCUT2D eigenvalue weighted by molar-refractivity contribution is -0.139. The van der Waals surface area contributed by atoms with Crippen molar-refractivity contribution in [3.05, 3.63) is 34.9 Å². The Bertz CT molecular complexity index is 580. The van der Waals surface area contributed by atoms with Gasteiger partial charge in [0.25, 0.3) is 0 Å². The Morgan fingerprint density at radius 2 is 2.13 bits per heavy atom. The number of likely N-dealkylation sites (N-methyl/N-ethyl adjacent to an activating group) is 1. The van der Waals surface area contributed by atoms with Gasteiger partial charge in [0.1, 0.15) is 0 Å². The number of nitrogens with zero attached hydrogens (tertiary/aromatic N) is 2. The predicted octanol–water partition coefficient (Wildman–Crippen LogP) is 2.19. The number of piperidine rings is 2. The van der Waals surface area contributed by atoms with Crippen LogP contribution in [-0.2, 0) is 11.2 Å². The van der Waals surface area contributed by atoms with Gasteiger partial charge >= 0.3 is 0 Å². The van der Waals surface area contributed by atoms with Crippen molar-refractivity contribution in [1.82, 2.24) is 9.80 Å². The molecule has 0 saturated carbocycles. The number of halogens is 1. The quantitative estimate of drug-likeness (QED) is 0.920. The first-order chi connectivity index (χ1) is 11.1. The van der Waals surface area contributed by atoms with Gasteiger partial charge in [-0.2, -0.15) is 0 Å². The Balaban J connectivity index is 1.70. The summed E-state index contributed by atoms with van der Waals surface area (Å²) in [7, 11) is 2.11. The molecule has 2 saturated heterocycles. The second kappa shape index (κ2) is 6.80. The zero-order valence-electron chi connectivity index (χ0n) is 13.7. The number of carbonyl (C=O) groups excluding carboxylic acids is 1. The summed E-state index contributed by atoms with van der Waals surface area (Å²) in [5.74, 6) is 0.128. The van der Waals surface area contributed by atoms with Crippen molar-refractivity contribution >= 4 is 17.5 Å². The molecule has 0 aliphatic carbocycles. The van der Waals surface area contributed by atoms with Crippen LogP contribution in [0.2, 0.25) is 5.02 Å². The van der Waals surface area contributed by atoms with Crippen LogP contribution in [-0.4, -0.2) is 60.1 Å². The van der Waals surface area contributed by atoms with Crippen LogP contribution in [0.5, 0.6) is 0 Å². The number of rotatable bonds is 3. The second-order valence-electron chi connectivity index (χ2n) is 6.98. The molecule has 4 nitrogen and oxygen atoms in total. The molecule has 3 rings (SSSR count). The van der Waals surface area contributed by atoms with E-state index in [4.69, 9.17) is 11.6 Å². The molecule has 1 aromatic rings. The smallest absolute Gasteiger partial charge is 0.227 e. The van der Waals surface area contributed by atoms with Gasteiger partial charge in [-0.3, -0.25) is 4.79 Å². The summed E-state index contributed by atoms with van der Waals surface area (Å²) in [6, 6.07) is 7.78. The first-order valence-corrected chi connectivity index (χ1v) is 8.76. The topological polar surface area (TPSA) is 43.8 Å². The second-order valence-corrected chi connectivity index (χ2v) is 7.39. The average Bonchev–Trinajstić information content (AvgIpc) is 2.57. The van der Waals surface area contributed by atoms with Gasteiger partial charge in [-0.15, -0.1) is 0 Å². The number of hydrogen-bond acceptors (Lipinski definition) is 3. The predicted molar refractivity (Wildman–Crippen MR) is 91.5 cm³/mol. The van der Waals surface area contributed by atoms with Crippen molar-refractivity contribution in [1.29, 1.82) is 0 Å². The van der Waals surface area contributed by atoms with Crippen molar-refractivity contribution in [2.45, 2.75) is 31.7 Å². The molecular formula is C18H25ClN2O2. The molecular weight excluding hydrogens is 312 g/mol. The molecule has 2 aliphatic rings. The molecule has 5 heteroatoms. The van der Waals surface area contributed by atoms with Gasteiger partial charge in [0.05, 0.1) is 13.0 Å². The monoisotopic (exact) mass is 336 g/mol. The van der Waals surface area contributed by atoms with Crippen molar-refractivity contribution in [2.24, 2.45) is 5.41 Å². The molecule has 2 heterocycles. The van der Waals surface area contributed by atoms with E-state index in [2.05, 4.69) is 11.9 Å². The zero-order chi connectivity index (χ0) is 16.4. The highest BCUT2D eigenvalue weighted by molar-refractivity contribution is 6.31. The molecule has 2 aliphatic heterocycles. The van der Waals surface area contributed by atoms with Gasteiger partial charge in [-0.1, -0.05) is 29.8 Å². The van der Waals surface area contributed by atoms with E-state index in [-0.39, 0.29) is 24.0 Å². The maximum absolute atomic E-state index is 12.7. The Labute approximate surface area is 143 Å². The highest BCUT2D eigenvalue weighted by Crippen LogP contribution is 2.41. The average molecular weight is 337 g/mol. The number of likely N-dealkylation sites (tertiary alicyclic amines) is 2. The van der Waals surface area contributed by atoms with Gasteiger partial charge in [-0.25, -0.2) is 0 Å².